The fraction of sp³-hybridized carbons (Fsp3) is 0.192. The summed E-state index contributed by atoms with van der Waals surface area (Å²) in [6.07, 6.45) is -0.248. The molecule has 0 unspecified atom stereocenters. The molecule has 0 saturated heterocycles. The molecule has 0 aromatic heterocycles. The van der Waals surface area contributed by atoms with Crippen molar-refractivity contribution in [3.8, 4) is 0 Å². The molecular formula is C26H26N4O3. The number of urea groups is 1. The number of nitrogens with one attached hydrogen (secondary N) is 3. The Labute approximate surface area is 192 Å². The minimum absolute atomic E-state index is 0.248. The van der Waals surface area contributed by atoms with Gasteiger partial charge in [0.1, 0.15) is 0 Å². The number of nitrogens with zero attached hydrogens (tertiary/aromatic N) is 1. The predicted octanol–water partition coefficient (Wildman–Crippen LogP) is 4.33. The first-order valence-electron chi connectivity index (χ1n) is 10.7. The lowest BCUT2D eigenvalue weighted by atomic mass is 9.87. The van der Waals surface area contributed by atoms with Gasteiger partial charge in [0.05, 0.1) is 6.42 Å². The maximum Gasteiger partial charge on any atom is 0.320 e. The molecule has 7 heteroatoms. The van der Waals surface area contributed by atoms with E-state index in [1.807, 2.05) is 44.2 Å². The number of anilines is 3. The Kier molecular flexibility index (Phi) is 5.87. The van der Waals surface area contributed by atoms with Crippen LogP contribution in [0.25, 0.3) is 0 Å². The van der Waals surface area contributed by atoms with Crippen LogP contribution < -0.4 is 20.9 Å². The van der Waals surface area contributed by atoms with Gasteiger partial charge >= 0.3 is 6.03 Å². The van der Waals surface area contributed by atoms with Crippen molar-refractivity contribution in [2.75, 3.05) is 22.6 Å². The molecule has 0 aliphatic carbocycles. The first-order chi connectivity index (χ1) is 15.8. The monoisotopic (exact) mass is 442 g/mol. The number of carbonyl (C=O) groups excluding carboxylic acids is 3. The first kappa shape index (κ1) is 22.1. The highest BCUT2D eigenvalue weighted by atomic mass is 16.2. The van der Waals surface area contributed by atoms with E-state index in [1.165, 1.54) is 4.90 Å². The Morgan fingerprint density at radius 1 is 0.818 bits per heavy atom. The molecule has 0 spiro atoms. The van der Waals surface area contributed by atoms with E-state index >= 15 is 0 Å². The number of likely N-dealkylation sites (N-methyl/N-ethyl adjacent to an activating group) is 1. The van der Waals surface area contributed by atoms with Gasteiger partial charge in [-0.1, -0.05) is 53.6 Å². The Bertz CT molecular complexity index is 1140. The van der Waals surface area contributed by atoms with E-state index < -0.39 is 11.6 Å². The van der Waals surface area contributed by atoms with Crippen molar-refractivity contribution in [3.05, 3.63) is 89.5 Å². The van der Waals surface area contributed by atoms with Crippen LogP contribution in [-0.4, -0.2) is 24.9 Å². The first-order valence-corrected chi connectivity index (χ1v) is 10.7. The maximum absolute atomic E-state index is 13.5. The fourth-order valence-corrected chi connectivity index (χ4v) is 4.05. The van der Waals surface area contributed by atoms with Gasteiger partial charge in [0, 0.05) is 29.7 Å². The standard InChI is InChI=1S/C26H26N4O3/c1-17-8-12-19(13-9-17)27-23(31)16-26(21-6-4-5-7-22(21)30(3)24(26)32)29-25(33)28-20-14-10-18(2)11-15-20/h4-15H,16H2,1-3H3,(H,27,31)(H2,28,29,33)/t26-/m0/s1. The molecule has 7 nitrogen and oxygen atoms in total. The summed E-state index contributed by atoms with van der Waals surface area (Å²) in [5, 5.41) is 8.41. The maximum atomic E-state index is 13.5. The van der Waals surface area contributed by atoms with Crippen LogP contribution in [-0.2, 0) is 15.1 Å². The van der Waals surface area contributed by atoms with Crippen LogP contribution in [0.3, 0.4) is 0 Å². The van der Waals surface area contributed by atoms with Gasteiger partial charge in [-0.2, -0.15) is 0 Å². The Balaban J connectivity index is 1.63. The quantitative estimate of drug-likeness (QED) is 0.549. The van der Waals surface area contributed by atoms with Gasteiger partial charge in [0.25, 0.3) is 5.91 Å². The molecule has 0 radical (unpaired) electrons. The average Bonchev–Trinajstić information content (AvgIpc) is 2.99. The summed E-state index contributed by atoms with van der Waals surface area (Å²) in [6.45, 7) is 3.91. The number of hydrogen-bond acceptors (Lipinski definition) is 3. The number of para-hydroxylation sites is 1. The van der Waals surface area contributed by atoms with Gasteiger partial charge in [-0.05, 0) is 44.2 Å². The van der Waals surface area contributed by atoms with Gasteiger partial charge < -0.3 is 20.9 Å². The van der Waals surface area contributed by atoms with Crippen molar-refractivity contribution in [2.45, 2.75) is 25.8 Å². The van der Waals surface area contributed by atoms with Crippen molar-refractivity contribution >= 4 is 34.9 Å². The second kappa shape index (κ2) is 8.78. The van der Waals surface area contributed by atoms with E-state index in [2.05, 4.69) is 16.0 Å². The molecule has 168 valence electrons. The van der Waals surface area contributed by atoms with E-state index in [0.29, 0.717) is 22.6 Å². The van der Waals surface area contributed by atoms with E-state index in [4.69, 9.17) is 0 Å². The smallest absolute Gasteiger partial charge is 0.320 e. The molecule has 4 rings (SSSR count). The number of fused-ring (bicyclic) bond motifs is 1. The van der Waals surface area contributed by atoms with Crippen LogP contribution >= 0.6 is 0 Å². The molecule has 1 aliphatic rings. The molecule has 3 aromatic rings. The lowest BCUT2D eigenvalue weighted by Gasteiger charge is -2.29. The van der Waals surface area contributed by atoms with Crippen LogP contribution in [0.15, 0.2) is 72.8 Å². The molecule has 0 saturated carbocycles. The van der Waals surface area contributed by atoms with Crippen molar-refractivity contribution in [3.63, 3.8) is 0 Å². The van der Waals surface area contributed by atoms with Crippen molar-refractivity contribution in [1.82, 2.24) is 5.32 Å². The van der Waals surface area contributed by atoms with Gasteiger partial charge in [0.15, 0.2) is 5.54 Å². The number of aryl methyl sites for hydroxylation is 2. The van der Waals surface area contributed by atoms with E-state index in [1.54, 1.807) is 49.5 Å². The van der Waals surface area contributed by atoms with Crippen LogP contribution in [0.1, 0.15) is 23.1 Å². The number of benzene rings is 3. The zero-order valence-corrected chi connectivity index (χ0v) is 18.8. The van der Waals surface area contributed by atoms with E-state index in [9.17, 15) is 14.4 Å². The second-order valence-electron chi connectivity index (χ2n) is 8.32. The van der Waals surface area contributed by atoms with E-state index in [-0.39, 0.29) is 18.2 Å². The molecule has 0 bridgehead atoms. The molecule has 33 heavy (non-hydrogen) atoms. The minimum atomic E-state index is -1.53. The predicted molar refractivity (Wildman–Crippen MR) is 129 cm³/mol. The fourth-order valence-electron chi connectivity index (χ4n) is 4.05. The number of carbonyl (C=O) groups is 3. The normalized spacial score (nSPS) is 16.8. The van der Waals surface area contributed by atoms with Crippen LogP contribution in [0.2, 0.25) is 0 Å². The summed E-state index contributed by atoms with van der Waals surface area (Å²) in [5.41, 5.74) is 3.04. The van der Waals surface area contributed by atoms with Crippen LogP contribution in [0, 0.1) is 13.8 Å². The van der Waals surface area contributed by atoms with Gasteiger partial charge in [-0.15, -0.1) is 0 Å². The lowest BCUT2D eigenvalue weighted by Crippen LogP contribution is -2.55. The van der Waals surface area contributed by atoms with Gasteiger partial charge in [-0.3, -0.25) is 9.59 Å². The van der Waals surface area contributed by atoms with Crippen LogP contribution in [0.5, 0.6) is 0 Å². The number of amides is 4. The topological polar surface area (TPSA) is 90.5 Å². The third-order valence-corrected chi connectivity index (χ3v) is 5.79. The van der Waals surface area contributed by atoms with Crippen LogP contribution in [0.4, 0.5) is 21.9 Å². The number of hydrogen-bond donors (Lipinski definition) is 3. The minimum Gasteiger partial charge on any atom is -0.326 e. The SMILES string of the molecule is Cc1ccc(NC(=O)C[C@@]2(NC(=O)Nc3ccc(C)cc3)C(=O)N(C)c3ccccc32)cc1. The molecule has 1 atom stereocenters. The highest BCUT2D eigenvalue weighted by molar-refractivity contribution is 6.12. The summed E-state index contributed by atoms with van der Waals surface area (Å²) < 4.78 is 0. The Morgan fingerprint density at radius 2 is 1.36 bits per heavy atom. The Hall–Kier alpha value is -4.13. The summed E-state index contributed by atoms with van der Waals surface area (Å²) in [6, 6.07) is 21.3. The van der Waals surface area contributed by atoms with E-state index in [0.717, 1.165) is 11.1 Å². The van der Waals surface area contributed by atoms with Crippen molar-refractivity contribution < 1.29 is 14.4 Å². The highest BCUT2D eigenvalue weighted by Gasteiger charge is 2.52. The zero-order valence-electron chi connectivity index (χ0n) is 18.8. The third kappa shape index (κ3) is 4.43. The van der Waals surface area contributed by atoms with Gasteiger partial charge in [0.2, 0.25) is 5.91 Å². The highest BCUT2D eigenvalue weighted by Crippen LogP contribution is 2.41. The molecule has 4 amide bonds. The average molecular weight is 443 g/mol. The summed E-state index contributed by atoms with van der Waals surface area (Å²) >= 11 is 0. The van der Waals surface area contributed by atoms with Gasteiger partial charge in [-0.25, -0.2) is 4.79 Å². The summed E-state index contributed by atoms with van der Waals surface area (Å²) in [7, 11) is 1.64. The summed E-state index contributed by atoms with van der Waals surface area (Å²) in [4.78, 5) is 40.9. The van der Waals surface area contributed by atoms with Crippen molar-refractivity contribution in [2.24, 2.45) is 0 Å². The molecular weight excluding hydrogens is 416 g/mol. The Morgan fingerprint density at radius 3 is 1.97 bits per heavy atom. The molecule has 1 aliphatic heterocycles. The third-order valence-electron chi connectivity index (χ3n) is 5.79. The molecule has 0 fully saturated rings. The second-order valence-corrected chi connectivity index (χ2v) is 8.32. The molecule has 3 aromatic carbocycles. The van der Waals surface area contributed by atoms with Crippen molar-refractivity contribution in [1.29, 1.82) is 0 Å². The number of rotatable bonds is 5. The largest absolute Gasteiger partial charge is 0.326 e. The zero-order chi connectivity index (χ0) is 23.6. The molecule has 1 heterocycles. The lowest BCUT2D eigenvalue weighted by molar-refractivity contribution is -0.128. The summed E-state index contributed by atoms with van der Waals surface area (Å²) in [5.74, 6) is -0.755. The molecule has 3 N–H and O–H groups in total.